The molecule has 0 saturated carbocycles. The van der Waals surface area contributed by atoms with Gasteiger partial charge in [0.05, 0.1) is 12.2 Å². The van der Waals surface area contributed by atoms with E-state index in [4.69, 9.17) is 9.47 Å². The summed E-state index contributed by atoms with van der Waals surface area (Å²) in [5, 5.41) is 24.1. The second-order valence-electron chi connectivity index (χ2n) is 22.4. The Balaban J connectivity index is 1.31. The first-order chi connectivity index (χ1) is 30.0. The molecule has 65 heavy (non-hydrogen) atoms. The summed E-state index contributed by atoms with van der Waals surface area (Å²) in [7, 11) is 0. The lowest BCUT2D eigenvalue weighted by Crippen LogP contribution is -2.23. The van der Waals surface area contributed by atoms with Crippen LogP contribution in [0.2, 0.25) is 0 Å². The van der Waals surface area contributed by atoms with Crippen molar-refractivity contribution in [3.8, 4) is 67.5 Å². The maximum absolute atomic E-state index is 15.2. The zero-order chi connectivity index (χ0) is 48.1. The van der Waals surface area contributed by atoms with E-state index in [-0.39, 0.29) is 33.2 Å². The van der Waals surface area contributed by atoms with Crippen LogP contribution in [-0.2, 0) is 21.7 Å². The van der Waals surface area contributed by atoms with E-state index in [0.717, 1.165) is 44.5 Å². The number of phenols is 2. The molecule has 0 bridgehead atoms. The van der Waals surface area contributed by atoms with Crippen LogP contribution in [0.3, 0.4) is 0 Å². The fourth-order valence-electron chi connectivity index (χ4n) is 8.33. The van der Waals surface area contributed by atoms with Gasteiger partial charge in [-0.25, -0.2) is 8.78 Å². The van der Waals surface area contributed by atoms with Crippen molar-refractivity contribution in [3.63, 3.8) is 0 Å². The number of benzene rings is 6. The molecule has 2 atom stereocenters. The number of hydrogen-bond donors (Lipinski definition) is 2. The van der Waals surface area contributed by atoms with Gasteiger partial charge in [0, 0.05) is 39.8 Å². The Morgan fingerprint density at radius 2 is 0.708 bits per heavy atom. The molecule has 6 rings (SSSR count). The molecule has 0 aliphatic rings. The van der Waals surface area contributed by atoms with Gasteiger partial charge in [-0.1, -0.05) is 119 Å². The van der Waals surface area contributed by atoms with Gasteiger partial charge in [-0.15, -0.1) is 0 Å². The molecule has 0 spiro atoms. The fourth-order valence-corrected chi connectivity index (χ4v) is 8.33. The van der Waals surface area contributed by atoms with Crippen molar-refractivity contribution in [2.75, 3.05) is 0 Å². The van der Waals surface area contributed by atoms with E-state index >= 15 is 8.78 Å². The van der Waals surface area contributed by atoms with Crippen LogP contribution >= 0.6 is 0 Å². The molecule has 6 heteroatoms. The number of phenolic OH excluding ortho intramolecular Hbond substituents is 2. The molecule has 344 valence electrons. The third-order valence-corrected chi connectivity index (χ3v) is 12.2. The van der Waals surface area contributed by atoms with Crippen LogP contribution in [-0.4, -0.2) is 22.4 Å². The van der Waals surface area contributed by atoms with Crippen LogP contribution in [0.25, 0.3) is 44.5 Å². The molecule has 0 aliphatic carbocycles. The summed E-state index contributed by atoms with van der Waals surface area (Å²) in [6.07, 6.45) is -0.435. The molecule has 6 aromatic rings. The highest BCUT2D eigenvalue weighted by molar-refractivity contribution is 5.87. The first-order valence-corrected chi connectivity index (χ1v) is 22.9. The molecule has 6 aromatic carbocycles. The lowest BCUT2D eigenvalue weighted by Gasteiger charge is -2.27. The minimum absolute atomic E-state index is 0.0456. The predicted molar refractivity (Wildman–Crippen MR) is 267 cm³/mol. The maximum atomic E-state index is 15.2. The van der Waals surface area contributed by atoms with E-state index in [9.17, 15) is 10.2 Å². The van der Waals surface area contributed by atoms with Crippen LogP contribution in [0.1, 0.15) is 137 Å². The number of ether oxygens (including phenoxy) is 2. The first kappa shape index (κ1) is 48.8. The molecular weight excluding hydrogens is 811 g/mol. The summed E-state index contributed by atoms with van der Waals surface area (Å²) in [5.41, 5.74) is 10.9. The minimum atomic E-state index is -0.452. The van der Waals surface area contributed by atoms with E-state index in [1.54, 1.807) is 12.1 Å². The molecule has 0 radical (unpaired) electrons. The van der Waals surface area contributed by atoms with Crippen LogP contribution in [0.15, 0.2) is 97.1 Å². The molecule has 0 amide bonds. The summed E-state index contributed by atoms with van der Waals surface area (Å²) in [6.45, 7) is 34.0. The molecule has 0 saturated heterocycles. The van der Waals surface area contributed by atoms with Crippen molar-refractivity contribution >= 4 is 0 Å². The molecule has 0 aromatic heterocycles. The average Bonchev–Trinajstić information content (AvgIpc) is 3.19. The fraction of sp³-hybridized carbons (Fsp3) is 0.390. The average molecular weight is 881 g/mol. The summed E-state index contributed by atoms with van der Waals surface area (Å²) >= 11 is 0. The van der Waals surface area contributed by atoms with Crippen molar-refractivity contribution in [1.82, 2.24) is 0 Å². The largest absolute Gasteiger partial charge is 0.507 e. The zero-order valence-corrected chi connectivity index (χ0v) is 41.6. The summed E-state index contributed by atoms with van der Waals surface area (Å²) in [4.78, 5) is 0. The van der Waals surface area contributed by atoms with E-state index < -0.39 is 23.8 Å². The standard InChI is InChI=1S/C59H70F2O4/c1-34-21-46(38-26-40(56(5,6)7)30-41(27-38)57(8,9)10)54(62)50(23-34)48-32-44(60)17-19-52(48)64-36(3)25-37(4)65-53-20-18-45(61)33-49(53)51-24-35(2)22-47(55(51)63)39-28-42(58(11,12)13)31-43(29-39)59(14,15)16/h17-24,26-33,36-37,62-63H,25H2,1-16H3/t36-,37-/m1/s1. The molecule has 0 heterocycles. The van der Waals surface area contributed by atoms with E-state index in [1.807, 2.05) is 52.0 Å². The summed E-state index contributed by atoms with van der Waals surface area (Å²) in [5.74, 6) is 0.0236. The number of aromatic hydroxyl groups is 2. The van der Waals surface area contributed by atoms with Crippen molar-refractivity contribution < 1.29 is 28.5 Å². The highest BCUT2D eigenvalue weighted by Gasteiger charge is 2.27. The van der Waals surface area contributed by atoms with Crippen LogP contribution in [0.4, 0.5) is 8.78 Å². The lowest BCUT2D eigenvalue weighted by molar-refractivity contribution is 0.131. The van der Waals surface area contributed by atoms with Gasteiger partial charge in [0.25, 0.3) is 0 Å². The predicted octanol–water partition coefficient (Wildman–Crippen LogP) is 16.5. The molecule has 2 N–H and O–H groups in total. The third kappa shape index (κ3) is 11.3. The second kappa shape index (κ2) is 18.0. The monoisotopic (exact) mass is 881 g/mol. The summed E-state index contributed by atoms with van der Waals surface area (Å²) < 4.78 is 43.5. The van der Waals surface area contributed by atoms with Gasteiger partial charge in [-0.2, -0.15) is 0 Å². The van der Waals surface area contributed by atoms with Crippen molar-refractivity contribution in [1.29, 1.82) is 0 Å². The van der Waals surface area contributed by atoms with Crippen LogP contribution in [0.5, 0.6) is 23.0 Å². The van der Waals surface area contributed by atoms with Gasteiger partial charge in [0.2, 0.25) is 0 Å². The molecule has 4 nitrogen and oxygen atoms in total. The quantitative estimate of drug-likeness (QED) is 0.144. The Morgan fingerprint density at radius 3 is 1.00 bits per heavy atom. The second-order valence-corrected chi connectivity index (χ2v) is 22.4. The highest BCUT2D eigenvalue weighted by atomic mass is 19.1. The van der Waals surface area contributed by atoms with Crippen molar-refractivity contribution in [2.45, 2.75) is 151 Å². The Bertz CT molecular complexity index is 2470. The first-order valence-electron chi connectivity index (χ1n) is 22.9. The highest BCUT2D eigenvalue weighted by Crippen LogP contribution is 2.47. The van der Waals surface area contributed by atoms with Crippen molar-refractivity contribution in [2.24, 2.45) is 0 Å². The van der Waals surface area contributed by atoms with Gasteiger partial charge in [-0.05, 0) is 155 Å². The summed E-state index contributed by atoms with van der Waals surface area (Å²) in [6, 6.07) is 29.5. The SMILES string of the molecule is Cc1cc(-c2cc(C(C)(C)C)cc(C(C)(C)C)c2)c(O)c(-c2cc(F)ccc2O[C@H](C)C[C@@H](C)Oc2ccc(F)cc2-c2cc(C)cc(-c3cc(C(C)(C)C)cc(C(C)(C)C)c3)c2O)c1. The Labute approximate surface area is 387 Å². The number of halogens is 2. The van der Waals surface area contributed by atoms with Gasteiger partial charge >= 0.3 is 0 Å². The van der Waals surface area contributed by atoms with E-state index in [0.29, 0.717) is 51.3 Å². The van der Waals surface area contributed by atoms with E-state index in [1.165, 1.54) is 24.3 Å². The number of aryl methyl sites for hydroxylation is 2. The number of hydrogen-bond acceptors (Lipinski definition) is 4. The Hall–Kier alpha value is -5.62. The van der Waals surface area contributed by atoms with Gasteiger partial charge in [-0.3, -0.25) is 0 Å². The Morgan fingerprint density at radius 1 is 0.415 bits per heavy atom. The third-order valence-electron chi connectivity index (χ3n) is 12.2. The topological polar surface area (TPSA) is 58.9 Å². The van der Waals surface area contributed by atoms with Crippen LogP contribution < -0.4 is 9.47 Å². The molecule has 0 fully saturated rings. The van der Waals surface area contributed by atoms with Crippen molar-refractivity contribution in [3.05, 3.63) is 142 Å². The van der Waals surface area contributed by atoms with E-state index in [2.05, 4.69) is 119 Å². The molecule has 0 unspecified atom stereocenters. The lowest BCUT2D eigenvalue weighted by atomic mass is 9.78. The van der Waals surface area contributed by atoms with Gasteiger partial charge in [0.15, 0.2) is 0 Å². The van der Waals surface area contributed by atoms with Crippen LogP contribution in [0, 0.1) is 25.5 Å². The molecular formula is C59H70F2O4. The smallest absolute Gasteiger partial charge is 0.131 e. The molecule has 0 aliphatic heterocycles. The normalized spacial score (nSPS) is 13.4. The number of rotatable bonds is 10. The van der Waals surface area contributed by atoms with Gasteiger partial charge in [0.1, 0.15) is 34.6 Å². The van der Waals surface area contributed by atoms with Gasteiger partial charge < -0.3 is 19.7 Å². The minimum Gasteiger partial charge on any atom is -0.507 e. The maximum Gasteiger partial charge on any atom is 0.131 e. The zero-order valence-electron chi connectivity index (χ0n) is 41.6. The Kier molecular flexibility index (Phi) is 13.5.